The zero-order valence-corrected chi connectivity index (χ0v) is 13.1. The molecule has 1 heterocycles. The first kappa shape index (κ1) is 15.1. The molecule has 0 radical (unpaired) electrons. The molecule has 1 N–H and O–H groups in total. The van der Waals surface area contributed by atoms with E-state index >= 15 is 0 Å². The van der Waals surface area contributed by atoms with E-state index in [-0.39, 0.29) is 5.56 Å². The first-order valence-corrected chi connectivity index (χ1v) is 7.49. The predicted molar refractivity (Wildman–Crippen MR) is 89.3 cm³/mol. The molecule has 0 aliphatic carbocycles. The van der Waals surface area contributed by atoms with E-state index < -0.39 is 0 Å². The largest absolute Gasteiger partial charge is 0.493 e. The molecule has 0 fully saturated rings. The summed E-state index contributed by atoms with van der Waals surface area (Å²) in [6.45, 7) is 2.52. The minimum Gasteiger partial charge on any atom is -0.493 e. The van der Waals surface area contributed by atoms with Crippen molar-refractivity contribution in [2.45, 2.75) is 13.3 Å². The van der Waals surface area contributed by atoms with E-state index in [1.54, 1.807) is 13.2 Å². The van der Waals surface area contributed by atoms with Gasteiger partial charge in [0, 0.05) is 11.8 Å². The molecule has 5 nitrogen and oxygen atoms in total. The van der Waals surface area contributed by atoms with Gasteiger partial charge in [-0.1, -0.05) is 24.3 Å². The van der Waals surface area contributed by atoms with E-state index in [0.29, 0.717) is 24.2 Å². The van der Waals surface area contributed by atoms with Crippen LogP contribution in [0.1, 0.15) is 18.2 Å². The zero-order chi connectivity index (χ0) is 16.2. The molecule has 3 aromatic rings. The normalized spacial score (nSPS) is 10.7. The molecule has 0 amide bonds. The lowest BCUT2D eigenvalue weighted by Gasteiger charge is -2.11. The van der Waals surface area contributed by atoms with Crippen LogP contribution < -0.4 is 15.0 Å². The standard InChI is InChI=1S/C18H18N2O3/c1-3-23-16-9-8-12(11-17(16)22-2)10-15-13-6-4-5-7-14(13)18(21)20-19-15/h4-9,11H,3,10H2,1-2H3,(H,20,21). The second-order valence-corrected chi connectivity index (χ2v) is 5.14. The van der Waals surface area contributed by atoms with Crippen molar-refractivity contribution >= 4 is 10.8 Å². The SMILES string of the molecule is CCOc1ccc(Cc2n[nH]c(=O)c3ccccc23)cc1OC. The Balaban J connectivity index is 1.99. The maximum Gasteiger partial charge on any atom is 0.272 e. The molecule has 2 aromatic carbocycles. The molecule has 0 saturated heterocycles. The highest BCUT2D eigenvalue weighted by Crippen LogP contribution is 2.29. The van der Waals surface area contributed by atoms with Gasteiger partial charge in [0.2, 0.25) is 0 Å². The number of fused-ring (bicyclic) bond motifs is 1. The summed E-state index contributed by atoms with van der Waals surface area (Å²) in [6.07, 6.45) is 0.597. The second-order valence-electron chi connectivity index (χ2n) is 5.14. The lowest BCUT2D eigenvalue weighted by molar-refractivity contribution is 0.310. The monoisotopic (exact) mass is 310 g/mol. The zero-order valence-electron chi connectivity index (χ0n) is 13.1. The molecule has 0 saturated carbocycles. The van der Waals surface area contributed by atoms with Crippen LogP contribution in [-0.2, 0) is 6.42 Å². The fraction of sp³-hybridized carbons (Fsp3) is 0.222. The van der Waals surface area contributed by atoms with Crippen molar-refractivity contribution in [3.8, 4) is 11.5 Å². The second kappa shape index (κ2) is 6.52. The number of benzene rings is 2. The van der Waals surface area contributed by atoms with Crippen LogP contribution >= 0.6 is 0 Å². The van der Waals surface area contributed by atoms with E-state index in [9.17, 15) is 4.79 Å². The highest BCUT2D eigenvalue weighted by Gasteiger charge is 2.10. The Labute approximate surface area is 133 Å². The Kier molecular flexibility index (Phi) is 4.28. The topological polar surface area (TPSA) is 64.2 Å². The number of nitrogens with one attached hydrogen (secondary N) is 1. The number of ether oxygens (including phenoxy) is 2. The van der Waals surface area contributed by atoms with Gasteiger partial charge >= 0.3 is 0 Å². The molecule has 0 aliphatic rings. The third-order valence-corrected chi connectivity index (χ3v) is 3.67. The molecule has 5 heteroatoms. The van der Waals surface area contributed by atoms with Crippen molar-refractivity contribution < 1.29 is 9.47 Å². The van der Waals surface area contributed by atoms with Gasteiger partial charge in [0.25, 0.3) is 5.56 Å². The van der Waals surface area contributed by atoms with E-state index in [1.165, 1.54) is 0 Å². The Morgan fingerprint density at radius 2 is 1.87 bits per heavy atom. The number of methoxy groups -OCH3 is 1. The molecule has 1 aromatic heterocycles. The van der Waals surface area contributed by atoms with Gasteiger partial charge in [0.15, 0.2) is 11.5 Å². The number of aromatic amines is 1. The summed E-state index contributed by atoms with van der Waals surface area (Å²) in [5.74, 6) is 1.41. The Hall–Kier alpha value is -2.82. The first-order chi connectivity index (χ1) is 11.2. The lowest BCUT2D eigenvalue weighted by atomic mass is 10.0. The fourth-order valence-electron chi connectivity index (χ4n) is 2.60. The van der Waals surface area contributed by atoms with Crippen molar-refractivity contribution in [2.75, 3.05) is 13.7 Å². The molecule has 118 valence electrons. The summed E-state index contributed by atoms with van der Waals surface area (Å²) in [4.78, 5) is 11.8. The lowest BCUT2D eigenvalue weighted by Crippen LogP contribution is -2.11. The molecule has 0 unspecified atom stereocenters. The maximum atomic E-state index is 11.8. The highest BCUT2D eigenvalue weighted by atomic mass is 16.5. The minimum atomic E-state index is -0.173. The minimum absolute atomic E-state index is 0.173. The van der Waals surface area contributed by atoms with E-state index in [1.807, 2.05) is 43.3 Å². The Morgan fingerprint density at radius 1 is 1.09 bits per heavy atom. The maximum absolute atomic E-state index is 11.8. The molecular weight excluding hydrogens is 292 g/mol. The number of hydrogen-bond donors (Lipinski definition) is 1. The van der Waals surface area contributed by atoms with Gasteiger partial charge < -0.3 is 9.47 Å². The number of rotatable bonds is 5. The summed E-state index contributed by atoms with van der Waals surface area (Å²) in [5.41, 5.74) is 1.69. The van der Waals surface area contributed by atoms with Gasteiger partial charge in [-0.3, -0.25) is 4.79 Å². The summed E-state index contributed by atoms with van der Waals surface area (Å²) < 4.78 is 10.9. The van der Waals surface area contributed by atoms with Crippen molar-refractivity contribution in [3.05, 3.63) is 64.1 Å². The van der Waals surface area contributed by atoms with Crippen LogP contribution in [0.5, 0.6) is 11.5 Å². The van der Waals surface area contributed by atoms with Gasteiger partial charge in [0.05, 0.1) is 24.8 Å². The number of hydrogen-bond acceptors (Lipinski definition) is 4. The van der Waals surface area contributed by atoms with Gasteiger partial charge in [-0.05, 0) is 30.7 Å². The number of H-pyrrole nitrogens is 1. The summed E-state index contributed by atoms with van der Waals surface area (Å²) in [6, 6.07) is 13.3. The van der Waals surface area contributed by atoms with Crippen LogP contribution in [0.3, 0.4) is 0 Å². The Morgan fingerprint density at radius 3 is 2.61 bits per heavy atom. The van der Waals surface area contributed by atoms with E-state index in [2.05, 4.69) is 10.2 Å². The average Bonchev–Trinajstić information content (AvgIpc) is 2.59. The molecule has 0 bridgehead atoms. The summed E-state index contributed by atoms with van der Waals surface area (Å²) >= 11 is 0. The fourth-order valence-corrected chi connectivity index (χ4v) is 2.60. The van der Waals surface area contributed by atoms with Crippen LogP contribution in [0, 0.1) is 0 Å². The number of aromatic nitrogens is 2. The van der Waals surface area contributed by atoms with Gasteiger partial charge in [0.1, 0.15) is 0 Å². The van der Waals surface area contributed by atoms with Crippen LogP contribution in [0.4, 0.5) is 0 Å². The highest BCUT2D eigenvalue weighted by molar-refractivity contribution is 5.83. The Bertz CT molecular complexity index is 887. The average molecular weight is 310 g/mol. The third kappa shape index (κ3) is 3.04. The quantitative estimate of drug-likeness (QED) is 0.787. The van der Waals surface area contributed by atoms with Crippen molar-refractivity contribution in [1.82, 2.24) is 10.2 Å². The molecule has 0 spiro atoms. The van der Waals surface area contributed by atoms with Crippen molar-refractivity contribution in [2.24, 2.45) is 0 Å². The van der Waals surface area contributed by atoms with Crippen LogP contribution in [-0.4, -0.2) is 23.9 Å². The van der Waals surface area contributed by atoms with Gasteiger partial charge in [-0.2, -0.15) is 5.10 Å². The van der Waals surface area contributed by atoms with Crippen LogP contribution in [0.25, 0.3) is 10.8 Å². The molecule has 3 rings (SSSR count). The molecular formula is C18H18N2O3. The summed E-state index contributed by atoms with van der Waals surface area (Å²) in [5, 5.41) is 8.28. The third-order valence-electron chi connectivity index (χ3n) is 3.67. The predicted octanol–water partition coefficient (Wildman–Crippen LogP) is 2.92. The van der Waals surface area contributed by atoms with Crippen LogP contribution in [0.15, 0.2) is 47.3 Å². The van der Waals surface area contributed by atoms with E-state index in [4.69, 9.17) is 9.47 Å². The molecule has 0 atom stereocenters. The van der Waals surface area contributed by atoms with Crippen molar-refractivity contribution in [3.63, 3.8) is 0 Å². The first-order valence-electron chi connectivity index (χ1n) is 7.49. The van der Waals surface area contributed by atoms with Crippen LogP contribution in [0.2, 0.25) is 0 Å². The smallest absolute Gasteiger partial charge is 0.272 e. The summed E-state index contributed by atoms with van der Waals surface area (Å²) in [7, 11) is 1.62. The number of nitrogens with zero attached hydrogens (tertiary/aromatic N) is 1. The van der Waals surface area contributed by atoms with Gasteiger partial charge in [-0.15, -0.1) is 0 Å². The molecule has 23 heavy (non-hydrogen) atoms. The van der Waals surface area contributed by atoms with E-state index in [0.717, 1.165) is 22.4 Å². The molecule has 0 aliphatic heterocycles. The van der Waals surface area contributed by atoms with Crippen molar-refractivity contribution in [1.29, 1.82) is 0 Å². The van der Waals surface area contributed by atoms with Gasteiger partial charge in [-0.25, -0.2) is 5.10 Å².